The predicted molar refractivity (Wildman–Crippen MR) is 78.4 cm³/mol. The van der Waals surface area contributed by atoms with Crippen molar-refractivity contribution in [1.82, 2.24) is 0 Å². The normalized spacial score (nSPS) is 10.3. The quantitative estimate of drug-likeness (QED) is 0.728. The highest BCUT2D eigenvalue weighted by atomic mass is 32.2. The maximum Gasteiger partial charge on any atom is 0.118 e. The van der Waals surface area contributed by atoms with Crippen LogP contribution >= 0.6 is 11.8 Å². The summed E-state index contributed by atoms with van der Waals surface area (Å²) in [5.41, 5.74) is 2.77. The number of hydrogen-bond donors (Lipinski definition) is 0. The van der Waals surface area contributed by atoms with Crippen LogP contribution in [0.25, 0.3) is 0 Å². The highest BCUT2D eigenvalue weighted by Gasteiger charge is 1.98. The summed E-state index contributed by atoms with van der Waals surface area (Å²) in [6.45, 7) is 2.18. The van der Waals surface area contributed by atoms with Gasteiger partial charge < -0.3 is 4.74 Å². The number of hydrogen-bond acceptors (Lipinski definition) is 2. The Bertz CT molecular complexity index is 426. The van der Waals surface area contributed by atoms with Crippen molar-refractivity contribution >= 4 is 11.8 Å². The molecule has 2 heteroatoms. The molecule has 0 N–H and O–H groups in total. The summed E-state index contributed by atoms with van der Waals surface area (Å²) in [5, 5.41) is 0. The van der Waals surface area contributed by atoms with Gasteiger partial charge in [0.2, 0.25) is 0 Å². The van der Waals surface area contributed by atoms with Crippen LogP contribution in [0.15, 0.2) is 53.4 Å². The number of ether oxygens (including phenoxy) is 1. The van der Waals surface area contributed by atoms with E-state index in [0.717, 1.165) is 17.9 Å². The van der Waals surface area contributed by atoms with Gasteiger partial charge in [0.1, 0.15) is 5.75 Å². The van der Waals surface area contributed by atoms with E-state index in [1.807, 2.05) is 23.9 Å². The second-order valence-corrected chi connectivity index (χ2v) is 5.18. The van der Waals surface area contributed by atoms with Gasteiger partial charge in [0.25, 0.3) is 0 Å². The zero-order chi connectivity index (χ0) is 12.8. The first kappa shape index (κ1) is 13.0. The fraction of sp³-hybridized carbons (Fsp3) is 0.250. The summed E-state index contributed by atoms with van der Waals surface area (Å²) in [6, 6.07) is 17.1. The molecule has 2 aromatic carbocycles. The summed E-state index contributed by atoms with van der Waals surface area (Å²) >= 11 is 1.85. The minimum Gasteiger partial charge on any atom is -0.497 e. The molecule has 0 saturated carbocycles. The van der Waals surface area contributed by atoms with E-state index in [1.54, 1.807) is 7.11 Å². The Balaban J connectivity index is 1.93. The molecule has 0 aromatic heterocycles. The lowest BCUT2D eigenvalue weighted by atomic mass is 10.1. The van der Waals surface area contributed by atoms with Crippen molar-refractivity contribution in [2.24, 2.45) is 0 Å². The van der Waals surface area contributed by atoms with Crippen molar-refractivity contribution in [3.05, 3.63) is 59.7 Å². The van der Waals surface area contributed by atoms with E-state index in [1.165, 1.54) is 16.0 Å². The van der Waals surface area contributed by atoms with Crippen molar-refractivity contribution in [2.75, 3.05) is 7.11 Å². The van der Waals surface area contributed by atoms with Crippen molar-refractivity contribution in [1.29, 1.82) is 0 Å². The molecule has 0 amide bonds. The van der Waals surface area contributed by atoms with Crippen LogP contribution in [0.2, 0.25) is 0 Å². The number of benzene rings is 2. The zero-order valence-corrected chi connectivity index (χ0v) is 11.7. The van der Waals surface area contributed by atoms with Gasteiger partial charge in [-0.3, -0.25) is 0 Å². The SMILES string of the molecule is CCc1ccc(CSc2ccc(OC)cc2)cc1. The average Bonchev–Trinajstić information content (AvgIpc) is 2.46. The van der Waals surface area contributed by atoms with Gasteiger partial charge in [-0.2, -0.15) is 0 Å². The Labute approximate surface area is 113 Å². The summed E-state index contributed by atoms with van der Waals surface area (Å²) in [7, 11) is 1.69. The van der Waals surface area contributed by atoms with Crippen LogP contribution in [-0.2, 0) is 12.2 Å². The second-order valence-electron chi connectivity index (χ2n) is 4.13. The third-order valence-electron chi connectivity index (χ3n) is 2.90. The highest BCUT2D eigenvalue weighted by molar-refractivity contribution is 7.98. The summed E-state index contributed by atoms with van der Waals surface area (Å²) in [6.07, 6.45) is 1.10. The topological polar surface area (TPSA) is 9.23 Å². The Morgan fingerprint density at radius 1 is 0.889 bits per heavy atom. The summed E-state index contributed by atoms with van der Waals surface area (Å²) in [4.78, 5) is 1.27. The first-order valence-electron chi connectivity index (χ1n) is 6.16. The molecular formula is C16H18OS. The largest absolute Gasteiger partial charge is 0.497 e. The molecule has 1 nitrogen and oxygen atoms in total. The molecule has 0 atom stereocenters. The lowest BCUT2D eigenvalue weighted by molar-refractivity contribution is 0.414. The van der Waals surface area contributed by atoms with E-state index in [4.69, 9.17) is 4.74 Å². The van der Waals surface area contributed by atoms with Gasteiger partial charge >= 0.3 is 0 Å². The number of thioether (sulfide) groups is 1. The average molecular weight is 258 g/mol. The smallest absolute Gasteiger partial charge is 0.118 e. The van der Waals surface area contributed by atoms with E-state index >= 15 is 0 Å². The molecule has 18 heavy (non-hydrogen) atoms. The number of rotatable bonds is 5. The maximum absolute atomic E-state index is 5.15. The molecule has 0 aliphatic carbocycles. The lowest BCUT2D eigenvalue weighted by Crippen LogP contribution is -1.84. The molecule has 0 saturated heterocycles. The van der Waals surface area contributed by atoms with Gasteiger partial charge in [0, 0.05) is 10.6 Å². The monoisotopic (exact) mass is 258 g/mol. The Kier molecular flexibility index (Phi) is 4.71. The van der Waals surface area contributed by atoms with Crippen molar-refractivity contribution in [2.45, 2.75) is 24.0 Å². The number of aryl methyl sites for hydroxylation is 1. The van der Waals surface area contributed by atoms with E-state index in [2.05, 4.69) is 43.3 Å². The molecule has 0 unspecified atom stereocenters. The maximum atomic E-state index is 5.15. The first-order valence-corrected chi connectivity index (χ1v) is 7.15. The van der Waals surface area contributed by atoms with Crippen molar-refractivity contribution < 1.29 is 4.74 Å². The van der Waals surface area contributed by atoms with Crippen LogP contribution in [0.4, 0.5) is 0 Å². The molecule has 0 radical (unpaired) electrons. The van der Waals surface area contributed by atoms with E-state index in [-0.39, 0.29) is 0 Å². The van der Waals surface area contributed by atoms with Crippen molar-refractivity contribution in [3.8, 4) is 5.75 Å². The zero-order valence-electron chi connectivity index (χ0n) is 10.8. The molecule has 0 heterocycles. The highest BCUT2D eigenvalue weighted by Crippen LogP contribution is 2.24. The lowest BCUT2D eigenvalue weighted by Gasteiger charge is -2.04. The number of methoxy groups -OCH3 is 1. The third-order valence-corrected chi connectivity index (χ3v) is 3.98. The van der Waals surface area contributed by atoms with E-state index in [0.29, 0.717) is 0 Å². The fourth-order valence-electron chi connectivity index (χ4n) is 1.71. The molecule has 94 valence electrons. The molecule has 0 fully saturated rings. The van der Waals surface area contributed by atoms with Crippen LogP contribution in [0.1, 0.15) is 18.1 Å². The van der Waals surface area contributed by atoms with Gasteiger partial charge in [-0.05, 0) is 41.8 Å². The molecule has 0 aliphatic heterocycles. The Morgan fingerprint density at radius 3 is 2.06 bits per heavy atom. The summed E-state index contributed by atoms with van der Waals surface area (Å²) in [5.74, 6) is 1.92. The minimum atomic E-state index is 0.909. The van der Waals surface area contributed by atoms with Crippen LogP contribution in [-0.4, -0.2) is 7.11 Å². The van der Waals surface area contributed by atoms with Crippen LogP contribution in [0.3, 0.4) is 0 Å². The fourth-order valence-corrected chi connectivity index (χ4v) is 2.56. The van der Waals surface area contributed by atoms with Crippen LogP contribution in [0, 0.1) is 0 Å². The molecule has 2 aromatic rings. The van der Waals surface area contributed by atoms with E-state index in [9.17, 15) is 0 Å². The molecule has 0 bridgehead atoms. The van der Waals surface area contributed by atoms with Crippen molar-refractivity contribution in [3.63, 3.8) is 0 Å². The second kappa shape index (κ2) is 6.50. The van der Waals surface area contributed by atoms with Gasteiger partial charge in [0.15, 0.2) is 0 Å². The van der Waals surface area contributed by atoms with Gasteiger partial charge in [-0.25, -0.2) is 0 Å². The van der Waals surface area contributed by atoms with Gasteiger partial charge in [-0.15, -0.1) is 11.8 Å². The Hall–Kier alpha value is -1.41. The predicted octanol–water partition coefficient (Wildman–Crippen LogP) is 4.55. The first-order chi connectivity index (χ1) is 8.81. The van der Waals surface area contributed by atoms with Gasteiger partial charge in [0.05, 0.1) is 7.11 Å². The Morgan fingerprint density at radius 2 is 1.50 bits per heavy atom. The standard InChI is InChI=1S/C16H18OS/c1-3-13-4-6-14(7-5-13)12-18-16-10-8-15(17-2)9-11-16/h4-11H,3,12H2,1-2H3. The third kappa shape index (κ3) is 3.54. The molecule has 0 spiro atoms. The molecule has 2 rings (SSSR count). The van der Waals surface area contributed by atoms with Gasteiger partial charge in [-0.1, -0.05) is 31.2 Å². The minimum absolute atomic E-state index is 0.909. The molecular weight excluding hydrogens is 240 g/mol. The molecule has 0 aliphatic rings. The van der Waals surface area contributed by atoms with Crippen LogP contribution < -0.4 is 4.74 Å². The van der Waals surface area contributed by atoms with Crippen LogP contribution in [0.5, 0.6) is 5.75 Å². The summed E-state index contributed by atoms with van der Waals surface area (Å²) < 4.78 is 5.15. The van der Waals surface area contributed by atoms with E-state index < -0.39 is 0 Å².